The van der Waals surface area contributed by atoms with Crippen molar-refractivity contribution in [2.24, 2.45) is 5.73 Å². The minimum atomic E-state index is -0.948. The molecule has 0 aliphatic heterocycles. The molecule has 0 spiro atoms. The fraction of sp³-hybridized carbons (Fsp3) is 0.286. The zero-order valence-electron chi connectivity index (χ0n) is 17.8. The number of amides is 1. The van der Waals surface area contributed by atoms with Gasteiger partial charge in [0.05, 0.1) is 12.8 Å². The van der Waals surface area contributed by atoms with Crippen LogP contribution in [-0.2, 0) is 12.1 Å². The number of oxazole rings is 2. The highest BCUT2D eigenvalue weighted by molar-refractivity contribution is 6.31. The van der Waals surface area contributed by atoms with E-state index in [1.165, 1.54) is 6.26 Å². The predicted octanol–water partition coefficient (Wildman–Crippen LogP) is 2.68. The Balaban J connectivity index is 0.000000262. The number of hydrogen-bond donors (Lipinski definition) is 5. The third kappa shape index (κ3) is 6.43. The van der Waals surface area contributed by atoms with E-state index in [-0.39, 0.29) is 18.1 Å². The van der Waals surface area contributed by atoms with Crippen LogP contribution in [0.2, 0.25) is 0 Å². The van der Waals surface area contributed by atoms with Crippen molar-refractivity contribution < 1.29 is 18.7 Å². The first kappa shape index (κ1) is 23.6. The largest absolute Gasteiger partial charge is 0.447 e. The molecule has 0 saturated heterocycles. The Morgan fingerprint density at radius 2 is 2.03 bits per heavy atom. The molecule has 0 fully saturated rings. The van der Waals surface area contributed by atoms with Gasteiger partial charge < -0.3 is 30.4 Å². The van der Waals surface area contributed by atoms with Crippen molar-refractivity contribution in [2.45, 2.75) is 39.8 Å². The number of nitrogens with two attached hydrogens (primary N) is 1. The molecular weight excluding hydrogens is 400 g/mol. The Morgan fingerprint density at radius 3 is 2.55 bits per heavy atom. The normalized spacial score (nSPS) is 10.8. The van der Waals surface area contributed by atoms with Crippen LogP contribution in [0.5, 0.6) is 0 Å². The van der Waals surface area contributed by atoms with E-state index in [0.29, 0.717) is 23.2 Å². The van der Waals surface area contributed by atoms with Crippen molar-refractivity contribution in [3.05, 3.63) is 59.3 Å². The van der Waals surface area contributed by atoms with Gasteiger partial charge in [-0.3, -0.25) is 10.2 Å². The van der Waals surface area contributed by atoms with Crippen LogP contribution in [0.15, 0.2) is 39.4 Å². The summed E-state index contributed by atoms with van der Waals surface area (Å²) in [5.41, 5.74) is 6.73. The van der Waals surface area contributed by atoms with E-state index < -0.39 is 11.5 Å². The number of aryl methyl sites for hydroxylation is 2. The van der Waals surface area contributed by atoms with Crippen molar-refractivity contribution >= 4 is 18.0 Å². The fourth-order valence-electron chi connectivity index (χ4n) is 2.47. The lowest BCUT2D eigenvalue weighted by Gasteiger charge is -2.11. The second kappa shape index (κ2) is 9.92. The zero-order valence-corrected chi connectivity index (χ0v) is 17.8. The molecule has 6 N–H and O–H groups in total. The van der Waals surface area contributed by atoms with Gasteiger partial charge in [0.25, 0.3) is 5.91 Å². The Labute approximate surface area is 179 Å². The molecule has 164 valence electrons. The fourth-order valence-corrected chi connectivity index (χ4v) is 2.47. The number of benzene rings is 1. The topological polar surface area (TPSA) is 175 Å². The van der Waals surface area contributed by atoms with Gasteiger partial charge in [0.1, 0.15) is 23.4 Å². The molecule has 2 aromatic heterocycles. The van der Waals surface area contributed by atoms with E-state index in [1.54, 1.807) is 20.8 Å². The van der Waals surface area contributed by atoms with Gasteiger partial charge in [0.2, 0.25) is 5.89 Å². The van der Waals surface area contributed by atoms with Gasteiger partial charge in [0.15, 0.2) is 17.3 Å². The van der Waals surface area contributed by atoms with Gasteiger partial charge >= 0.3 is 0 Å². The van der Waals surface area contributed by atoms with Crippen molar-refractivity contribution in [2.75, 3.05) is 0 Å². The molecule has 0 aliphatic rings. The molecule has 10 nitrogen and oxygen atoms in total. The molecule has 0 saturated carbocycles. The predicted molar refractivity (Wildman–Crippen MR) is 115 cm³/mol. The molecule has 0 aliphatic carbocycles. The van der Waals surface area contributed by atoms with Gasteiger partial charge in [-0.15, -0.1) is 0 Å². The first-order valence-electron chi connectivity index (χ1n) is 9.37. The van der Waals surface area contributed by atoms with Gasteiger partial charge in [-0.1, -0.05) is 23.8 Å². The average Bonchev–Trinajstić information content (AvgIpc) is 3.35. The maximum atomic E-state index is 12.0. The minimum Gasteiger partial charge on any atom is -0.447 e. The average molecular weight is 426 g/mol. The highest BCUT2D eigenvalue weighted by atomic mass is 16.4. The molecular formula is C21H26N6O4. The summed E-state index contributed by atoms with van der Waals surface area (Å²) in [7, 11) is 0. The quantitative estimate of drug-likeness (QED) is 0.308. The lowest BCUT2D eigenvalue weighted by molar-refractivity contribution is 0.0737. The van der Waals surface area contributed by atoms with E-state index in [4.69, 9.17) is 25.4 Å². The Bertz CT molecular complexity index is 1080. The Hall–Kier alpha value is -3.63. The molecule has 31 heavy (non-hydrogen) atoms. The van der Waals surface area contributed by atoms with Crippen LogP contribution in [0.1, 0.15) is 47.4 Å². The van der Waals surface area contributed by atoms with Crippen molar-refractivity contribution in [3.8, 4) is 11.3 Å². The molecule has 3 rings (SSSR count). The number of aromatic nitrogens is 2. The number of carbonyl (C=O) groups is 1. The summed E-state index contributed by atoms with van der Waals surface area (Å²) in [6.45, 7) is 7.14. The van der Waals surface area contributed by atoms with E-state index in [9.17, 15) is 9.90 Å². The second-order valence-electron chi connectivity index (χ2n) is 7.18. The molecule has 0 unspecified atom stereocenters. The number of nitrogens with one attached hydrogen (secondary N) is 3. The summed E-state index contributed by atoms with van der Waals surface area (Å²) in [4.78, 5) is 20.0. The molecule has 10 heteroatoms. The molecule has 3 aromatic rings. The van der Waals surface area contributed by atoms with E-state index in [0.717, 1.165) is 17.3 Å². The SMILES string of the molecule is CC(C)(O)c1coc(CN)n1.Cc1cccc(-c2oc(C)nc2C(=O)NC(=N)C=N)c1. The second-order valence-corrected chi connectivity index (χ2v) is 7.18. The Kier molecular flexibility index (Phi) is 7.56. The molecule has 1 aromatic carbocycles. The highest BCUT2D eigenvalue weighted by Gasteiger charge is 2.21. The third-order valence-electron chi connectivity index (χ3n) is 3.98. The summed E-state index contributed by atoms with van der Waals surface area (Å²) in [5.74, 6) is 0.314. The highest BCUT2D eigenvalue weighted by Crippen LogP contribution is 2.25. The first-order chi connectivity index (χ1) is 14.5. The van der Waals surface area contributed by atoms with Gasteiger partial charge in [-0.2, -0.15) is 0 Å². The van der Waals surface area contributed by atoms with Crippen LogP contribution in [0, 0.1) is 24.7 Å². The lowest BCUT2D eigenvalue weighted by atomic mass is 10.1. The van der Waals surface area contributed by atoms with E-state index in [2.05, 4.69) is 15.3 Å². The lowest BCUT2D eigenvalue weighted by Crippen LogP contribution is -2.31. The van der Waals surface area contributed by atoms with Crippen molar-refractivity contribution in [1.29, 1.82) is 10.8 Å². The molecule has 2 heterocycles. The molecule has 0 radical (unpaired) electrons. The van der Waals surface area contributed by atoms with E-state index >= 15 is 0 Å². The monoisotopic (exact) mass is 426 g/mol. The smallest absolute Gasteiger partial charge is 0.279 e. The van der Waals surface area contributed by atoms with Crippen molar-refractivity contribution in [1.82, 2.24) is 15.3 Å². The van der Waals surface area contributed by atoms with Gasteiger partial charge in [0, 0.05) is 12.5 Å². The maximum Gasteiger partial charge on any atom is 0.279 e. The standard InChI is InChI=1S/C14H14N4O2.C7H12N2O2/c1-8-4-3-5-10(6-8)13-12(17-9(2)20-13)14(19)18-11(16)7-15;1-7(2,10)5-4-11-6(3-8)9-5/h3-7,15H,1-2H3,(H2,16,18,19);4,10H,3,8H2,1-2H3. The number of nitrogens with zero attached hydrogens (tertiary/aromatic N) is 2. The maximum absolute atomic E-state index is 12.0. The van der Waals surface area contributed by atoms with Crippen LogP contribution >= 0.6 is 0 Å². The van der Waals surface area contributed by atoms with Crippen LogP contribution in [-0.4, -0.2) is 33.0 Å². The van der Waals surface area contributed by atoms with Crippen LogP contribution in [0.4, 0.5) is 0 Å². The number of carbonyl (C=O) groups excluding carboxylic acids is 1. The summed E-state index contributed by atoms with van der Waals surface area (Å²) in [5, 5.41) is 25.9. The van der Waals surface area contributed by atoms with Crippen LogP contribution < -0.4 is 11.1 Å². The van der Waals surface area contributed by atoms with Crippen LogP contribution in [0.25, 0.3) is 11.3 Å². The summed E-state index contributed by atoms with van der Waals surface area (Å²) >= 11 is 0. The molecule has 0 atom stereocenters. The zero-order chi connectivity index (χ0) is 23.2. The van der Waals surface area contributed by atoms with Gasteiger partial charge in [-0.05, 0) is 26.8 Å². The third-order valence-corrected chi connectivity index (χ3v) is 3.98. The summed E-state index contributed by atoms with van der Waals surface area (Å²) < 4.78 is 10.4. The molecule has 1 amide bonds. The van der Waals surface area contributed by atoms with Crippen molar-refractivity contribution in [3.63, 3.8) is 0 Å². The number of hydrogen-bond acceptors (Lipinski definition) is 9. The Morgan fingerprint density at radius 1 is 1.32 bits per heavy atom. The molecule has 0 bridgehead atoms. The summed E-state index contributed by atoms with van der Waals surface area (Å²) in [6.07, 6.45) is 2.17. The number of aliphatic hydroxyl groups is 1. The van der Waals surface area contributed by atoms with E-state index in [1.807, 2.05) is 31.2 Å². The number of rotatable bonds is 5. The van der Waals surface area contributed by atoms with Gasteiger partial charge in [-0.25, -0.2) is 9.97 Å². The van der Waals surface area contributed by atoms with Crippen LogP contribution in [0.3, 0.4) is 0 Å². The number of amidine groups is 1. The first-order valence-corrected chi connectivity index (χ1v) is 9.37. The summed E-state index contributed by atoms with van der Waals surface area (Å²) in [6, 6.07) is 7.52. The minimum absolute atomic E-state index is 0.111.